The standard InChI is InChI=1S/C19H17ClN4O/c1-11(2)24-17(8-9-21-24)13-4-3-5-14(20)18(13)12-6-7-15-16(10-12)23-19(25)22-15/h3-11H,1-2H3,(H2,22,23,25). The molecule has 0 saturated heterocycles. The molecule has 0 aliphatic carbocycles. The van der Waals surface area contributed by atoms with E-state index in [1.54, 1.807) is 6.20 Å². The molecule has 0 radical (unpaired) electrons. The zero-order chi connectivity index (χ0) is 17.6. The van der Waals surface area contributed by atoms with Crippen molar-refractivity contribution < 1.29 is 0 Å². The van der Waals surface area contributed by atoms with Gasteiger partial charge in [-0.25, -0.2) is 4.79 Å². The zero-order valence-corrected chi connectivity index (χ0v) is 14.6. The Morgan fingerprint density at radius 1 is 1.08 bits per heavy atom. The first-order chi connectivity index (χ1) is 12.0. The summed E-state index contributed by atoms with van der Waals surface area (Å²) < 4.78 is 1.98. The maximum atomic E-state index is 11.5. The van der Waals surface area contributed by atoms with E-state index in [-0.39, 0.29) is 11.7 Å². The van der Waals surface area contributed by atoms with Gasteiger partial charge in [-0.3, -0.25) is 4.68 Å². The summed E-state index contributed by atoms with van der Waals surface area (Å²) in [6, 6.07) is 13.9. The SMILES string of the molecule is CC(C)n1nccc1-c1cccc(Cl)c1-c1ccc2[nH]c(=O)[nH]c2c1. The molecule has 2 N–H and O–H groups in total. The van der Waals surface area contributed by atoms with E-state index < -0.39 is 0 Å². The number of imidazole rings is 1. The molecular weight excluding hydrogens is 336 g/mol. The topological polar surface area (TPSA) is 66.5 Å². The monoisotopic (exact) mass is 352 g/mol. The van der Waals surface area contributed by atoms with Gasteiger partial charge in [-0.1, -0.05) is 29.8 Å². The Bertz CT molecular complexity index is 1120. The van der Waals surface area contributed by atoms with E-state index in [2.05, 4.69) is 28.9 Å². The number of nitrogens with one attached hydrogen (secondary N) is 2. The van der Waals surface area contributed by atoms with Crippen LogP contribution in [0.2, 0.25) is 5.02 Å². The fraction of sp³-hybridized carbons (Fsp3) is 0.158. The number of nitrogens with zero attached hydrogens (tertiary/aromatic N) is 2. The molecule has 0 bridgehead atoms. The van der Waals surface area contributed by atoms with Crippen LogP contribution in [0.25, 0.3) is 33.4 Å². The molecule has 6 heteroatoms. The number of halogens is 1. The zero-order valence-electron chi connectivity index (χ0n) is 13.9. The predicted molar refractivity (Wildman–Crippen MR) is 101 cm³/mol. The second-order valence-electron chi connectivity index (χ2n) is 6.26. The van der Waals surface area contributed by atoms with Crippen LogP contribution in [-0.4, -0.2) is 19.7 Å². The molecule has 0 spiro atoms. The largest absolute Gasteiger partial charge is 0.323 e. The van der Waals surface area contributed by atoms with Crippen LogP contribution in [0.5, 0.6) is 0 Å². The minimum atomic E-state index is -0.218. The number of hydrogen-bond acceptors (Lipinski definition) is 2. The Morgan fingerprint density at radius 3 is 2.68 bits per heavy atom. The molecule has 5 nitrogen and oxygen atoms in total. The molecule has 0 unspecified atom stereocenters. The normalized spacial score (nSPS) is 11.5. The van der Waals surface area contributed by atoms with Gasteiger partial charge in [-0.05, 0) is 43.7 Å². The molecule has 2 aromatic heterocycles. The predicted octanol–water partition coefficient (Wildman–Crippen LogP) is 4.62. The van der Waals surface area contributed by atoms with Crippen LogP contribution in [0.4, 0.5) is 0 Å². The highest BCUT2D eigenvalue weighted by atomic mass is 35.5. The van der Waals surface area contributed by atoms with Crippen LogP contribution < -0.4 is 5.69 Å². The molecule has 4 rings (SSSR count). The van der Waals surface area contributed by atoms with Crippen LogP contribution in [-0.2, 0) is 0 Å². The highest BCUT2D eigenvalue weighted by Crippen LogP contribution is 2.38. The fourth-order valence-corrected chi connectivity index (χ4v) is 3.44. The van der Waals surface area contributed by atoms with Crippen molar-refractivity contribution in [1.29, 1.82) is 0 Å². The van der Waals surface area contributed by atoms with Crippen LogP contribution >= 0.6 is 11.6 Å². The van der Waals surface area contributed by atoms with E-state index in [0.29, 0.717) is 5.02 Å². The lowest BCUT2D eigenvalue weighted by molar-refractivity contribution is 0.538. The molecule has 0 aliphatic rings. The van der Waals surface area contributed by atoms with Gasteiger partial charge in [-0.2, -0.15) is 5.10 Å². The second kappa shape index (κ2) is 5.93. The van der Waals surface area contributed by atoms with Crippen molar-refractivity contribution in [3.05, 3.63) is 64.2 Å². The van der Waals surface area contributed by atoms with Crippen molar-refractivity contribution in [2.75, 3.05) is 0 Å². The molecule has 4 aromatic rings. The number of benzene rings is 2. The number of aromatic nitrogens is 4. The van der Waals surface area contributed by atoms with Crippen LogP contribution in [0.3, 0.4) is 0 Å². The van der Waals surface area contributed by atoms with Crippen molar-refractivity contribution in [1.82, 2.24) is 19.7 Å². The van der Waals surface area contributed by atoms with E-state index in [0.717, 1.165) is 33.4 Å². The molecule has 0 atom stereocenters. The minimum Gasteiger partial charge on any atom is -0.306 e. The molecule has 0 amide bonds. The van der Waals surface area contributed by atoms with Crippen molar-refractivity contribution in [3.63, 3.8) is 0 Å². The number of rotatable bonds is 3. The van der Waals surface area contributed by atoms with E-state index in [4.69, 9.17) is 11.6 Å². The van der Waals surface area contributed by atoms with Crippen molar-refractivity contribution in [3.8, 4) is 22.4 Å². The summed E-state index contributed by atoms with van der Waals surface area (Å²) in [6.07, 6.45) is 1.80. The third kappa shape index (κ3) is 2.66. The van der Waals surface area contributed by atoms with Gasteiger partial charge in [0.05, 0.1) is 16.7 Å². The van der Waals surface area contributed by atoms with Crippen LogP contribution in [0.15, 0.2) is 53.5 Å². The number of hydrogen-bond donors (Lipinski definition) is 2. The minimum absolute atomic E-state index is 0.218. The van der Waals surface area contributed by atoms with Gasteiger partial charge in [0.25, 0.3) is 0 Å². The first-order valence-corrected chi connectivity index (χ1v) is 8.47. The second-order valence-corrected chi connectivity index (χ2v) is 6.66. The Labute approximate surface area is 149 Å². The summed E-state index contributed by atoms with van der Waals surface area (Å²) in [5.74, 6) is 0. The van der Waals surface area contributed by atoms with Gasteiger partial charge in [0.15, 0.2) is 0 Å². The lowest BCUT2D eigenvalue weighted by atomic mass is 9.97. The summed E-state index contributed by atoms with van der Waals surface area (Å²) in [5.41, 5.74) is 5.20. The van der Waals surface area contributed by atoms with Gasteiger partial charge in [0, 0.05) is 28.4 Å². The smallest absolute Gasteiger partial charge is 0.306 e. The molecule has 25 heavy (non-hydrogen) atoms. The van der Waals surface area contributed by atoms with Crippen molar-refractivity contribution >= 4 is 22.6 Å². The van der Waals surface area contributed by atoms with Gasteiger partial charge >= 0.3 is 5.69 Å². The summed E-state index contributed by atoms with van der Waals surface area (Å²) in [7, 11) is 0. The van der Waals surface area contributed by atoms with E-state index in [1.807, 2.05) is 47.1 Å². The molecule has 2 heterocycles. The first kappa shape index (κ1) is 15.7. The summed E-state index contributed by atoms with van der Waals surface area (Å²) >= 11 is 6.56. The van der Waals surface area contributed by atoms with Crippen molar-refractivity contribution in [2.24, 2.45) is 0 Å². The Kier molecular flexibility index (Phi) is 3.73. The maximum Gasteiger partial charge on any atom is 0.323 e. The van der Waals surface area contributed by atoms with Gasteiger partial charge < -0.3 is 9.97 Å². The highest BCUT2D eigenvalue weighted by molar-refractivity contribution is 6.34. The number of H-pyrrole nitrogens is 2. The van der Waals surface area contributed by atoms with E-state index in [9.17, 15) is 4.79 Å². The fourth-order valence-electron chi connectivity index (χ4n) is 3.16. The average molecular weight is 353 g/mol. The van der Waals surface area contributed by atoms with E-state index in [1.165, 1.54) is 0 Å². The number of fused-ring (bicyclic) bond motifs is 1. The first-order valence-electron chi connectivity index (χ1n) is 8.09. The lowest BCUT2D eigenvalue weighted by Gasteiger charge is -2.16. The van der Waals surface area contributed by atoms with Gasteiger partial charge in [-0.15, -0.1) is 0 Å². The number of aromatic amines is 2. The Morgan fingerprint density at radius 2 is 1.88 bits per heavy atom. The molecule has 0 saturated carbocycles. The van der Waals surface area contributed by atoms with E-state index >= 15 is 0 Å². The maximum absolute atomic E-state index is 11.5. The molecule has 0 aliphatic heterocycles. The van der Waals surface area contributed by atoms with Crippen LogP contribution in [0, 0.1) is 0 Å². The third-order valence-electron chi connectivity index (χ3n) is 4.25. The summed E-state index contributed by atoms with van der Waals surface area (Å²) in [6.45, 7) is 4.19. The average Bonchev–Trinajstić information content (AvgIpc) is 3.19. The molecular formula is C19H17ClN4O. The van der Waals surface area contributed by atoms with Gasteiger partial charge in [0.2, 0.25) is 0 Å². The van der Waals surface area contributed by atoms with Crippen LogP contribution in [0.1, 0.15) is 19.9 Å². The van der Waals surface area contributed by atoms with Crippen molar-refractivity contribution in [2.45, 2.75) is 19.9 Å². The Hall–Kier alpha value is -2.79. The third-order valence-corrected chi connectivity index (χ3v) is 4.57. The molecule has 126 valence electrons. The lowest BCUT2D eigenvalue weighted by Crippen LogP contribution is -2.05. The summed E-state index contributed by atoms with van der Waals surface area (Å²) in [4.78, 5) is 17.1. The molecule has 0 fully saturated rings. The summed E-state index contributed by atoms with van der Waals surface area (Å²) in [5, 5.41) is 5.09. The molecule has 2 aromatic carbocycles. The Balaban J connectivity index is 1.97. The highest BCUT2D eigenvalue weighted by Gasteiger charge is 2.16. The van der Waals surface area contributed by atoms with Gasteiger partial charge in [0.1, 0.15) is 0 Å². The quantitative estimate of drug-likeness (QED) is 0.565.